The molecular formula is C12H15N3O. The van der Waals surface area contributed by atoms with Crippen LogP contribution in [0.2, 0.25) is 0 Å². The molecule has 0 radical (unpaired) electrons. The number of para-hydroxylation sites is 2. The number of hydrogen-bond donors (Lipinski definition) is 0. The first-order valence-electron chi connectivity index (χ1n) is 5.25. The van der Waals surface area contributed by atoms with Crippen molar-refractivity contribution < 1.29 is 4.74 Å². The first-order valence-corrected chi connectivity index (χ1v) is 5.25. The highest BCUT2D eigenvalue weighted by Crippen LogP contribution is 2.12. The lowest BCUT2D eigenvalue weighted by atomic mass is 10.3. The summed E-state index contributed by atoms with van der Waals surface area (Å²) in [5.41, 5.74) is 1.76. The van der Waals surface area contributed by atoms with E-state index < -0.39 is 0 Å². The highest BCUT2D eigenvalue weighted by atomic mass is 16.5. The van der Waals surface area contributed by atoms with Crippen LogP contribution >= 0.6 is 0 Å². The van der Waals surface area contributed by atoms with Gasteiger partial charge in [-0.25, -0.2) is 9.97 Å². The fourth-order valence-electron chi connectivity index (χ4n) is 1.34. The molecule has 0 N–H and O–H groups in total. The van der Waals surface area contributed by atoms with Gasteiger partial charge in [-0.15, -0.1) is 0 Å². The highest BCUT2D eigenvalue weighted by molar-refractivity contribution is 5.73. The van der Waals surface area contributed by atoms with Crippen molar-refractivity contribution in [3.63, 3.8) is 0 Å². The smallest absolute Gasteiger partial charge is 0.232 e. The molecule has 16 heavy (non-hydrogen) atoms. The topological polar surface area (TPSA) is 38.2 Å². The summed E-state index contributed by atoms with van der Waals surface area (Å²) in [6.45, 7) is 1.49. The van der Waals surface area contributed by atoms with Crippen molar-refractivity contribution in [2.24, 2.45) is 0 Å². The predicted molar refractivity (Wildman–Crippen MR) is 63.6 cm³/mol. The van der Waals surface area contributed by atoms with Crippen LogP contribution in [-0.4, -0.2) is 42.1 Å². The van der Waals surface area contributed by atoms with Gasteiger partial charge in [0.05, 0.1) is 17.2 Å². The Morgan fingerprint density at radius 1 is 1.19 bits per heavy atom. The molecular weight excluding hydrogens is 202 g/mol. The Morgan fingerprint density at radius 3 is 2.69 bits per heavy atom. The van der Waals surface area contributed by atoms with Gasteiger partial charge in [0.25, 0.3) is 0 Å². The van der Waals surface area contributed by atoms with Gasteiger partial charge in [0.15, 0.2) is 0 Å². The SMILES string of the molecule is CN(C)CCOc1cnc2ccccc2n1. The van der Waals surface area contributed by atoms with Gasteiger partial charge in [0, 0.05) is 6.54 Å². The Balaban J connectivity index is 2.08. The molecule has 0 saturated heterocycles. The molecule has 84 valence electrons. The molecule has 2 rings (SSSR count). The van der Waals surface area contributed by atoms with Gasteiger partial charge < -0.3 is 9.64 Å². The zero-order valence-corrected chi connectivity index (χ0v) is 9.55. The fourth-order valence-corrected chi connectivity index (χ4v) is 1.34. The molecule has 0 atom stereocenters. The summed E-state index contributed by atoms with van der Waals surface area (Å²) < 4.78 is 5.51. The zero-order chi connectivity index (χ0) is 11.4. The summed E-state index contributed by atoms with van der Waals surface area (Å²) in [6.07, 6.45) is 1.66. The Kier molecular flexibility index (Phi) is 3.31. The first-order chi connectivity index (χ1) is 7.75. The molecule has 0 aliphatic carbocycles. The number of aromatic nitrogens is 2. The number of fused-ring (bicyclic) bond motifs is 1. The average Bonchev–Trinajstić information content (AvgIpc) is 2.28. The van der Waals surface area contributed by atoms with Gasteiger partial charge in [-0.2, -0.15) is 0 Å². The molecule has 0 fully saturated rings. The van der Waals surface area contributed by atoms with Gasteiger partial charge in [-0.1, -0.05) is 12.1 Å². The Morgan fingerprint density at radius 2 is 1.94 bits per heavy atom. The number of nitrogens with zero attached hydrogens (tertiary/aromatic N) is 3. The molecule has 1 aromatic carbocycles. The van der Waals surface area contributed by atoms with Crippen LogP contribution < -0.4 is 4.74 Å². The molecule has 0 spiro atoms. The van der Waals surface area contributed by atoms with Crippen LogP contribution in [0.5, 0.6) is 5.88 Å². The van der Waals surface area contributed by atoms with Crippen molar-refractivity contribution in [1.29, 1.82) is 0 Å². The summed E-state index contributed by atoms with van der Waals surface area (Å²) in [4.78, 5) is 10.7. The van der Waals surface area contributed by atoms with E-state index in [1.54, 1.807) is 6.20 Å². The zero-order valence-electron chi connectivity index (χ0n) is 9.55. The molecule has 4 heteroatoms. The van der Waals surface area contributed by atoms with Crippen molar-refractivity contribution in [3.05, 3.63) is 30.5 Å². The summed E-state index contributed by atoms with van der Waals surface area (Å²) in [7, 11) is 4.02. The van der Waals surface area contributed by atoms with Crippen LogP contribution in [0.4, 0.5) is 0 Å². The number of likely N-dealkylation sites (N-methyl/N-ethyl adjacent to an activating group) is 1. The quantitative estimate of drug-likeness (QED) is 0.779. The molecule has 0 bridgehead atoms. The van der Waals surface area contributed by atoms with Crippen molar-refractivity contribution in [1.82, 2.24) is 14.9 Å². The number of ether oxygens (including phenoxy) is 1. The van der Waals surface area contributed by atoms with Crippen molar-refractivity contribution >= 4 is 11.0 Å². The third-order valence-corrected chi connectivity index (χ3v) is 2.21. The molecule has 0 saturated carbocycles. The minimum absolute atomic E-state index is 0.584. The van der Waals surface area contributed by atoms with E-state index in [-0.39, 0.29) is 0 Å². The second kappa shape index (κ2) is 4.90. The van der Waals surface area contributed by atoms with E-state index in [1.807, 2.05) is 38.4 Å². The lowest BCUT2D eigenvalue weighted by molar-refractivity contribution is 0.254. The molecule has 0 aliphatic heterocycles. The third-order valence-electron chi connectivity index (χ3n) is 2.21. The standard InChI is InChI=1S/C12H15N3O/c1-15(2)7-8-16-12-9-13-10-5-3-4-6-11(10)14-12/h3-6,9H,7-8H2,1-2H3. The van der Waals surface area contributed by atoms with Gasteiger partial charge in [0.1, 0.15) is 6.61 Å². The molecule has 1 aromatic heterocycles. The van der Waals surface area contributed by atoms with E-state index in [1.165, 1.54) is 0 Å². The molecule has 0 amide bonds. The Bertz CT molecular complexity index is 471. The van der Waals surface area contributed by atoms with E-state index in [9.17, 15) is 0 Å². The van der Waals surface area contributed by atoms with Crippen molar-refractivity contribution in [3.8, 4) is 5.88 Å². The number of rotatable bonds is 4. The normalized spacial score (nSPS) is 10.9. The van der Waals surface area contributed by atoms with Crippen LogP contribution in [0.1, 0.15) is 0 Å². The van der Waals surface area contributed by atoms with Gasteiger partial charge in [-0.3, -0.25) is 0 Å². The maximum Gasteiger partial charge on any atom is 0.232 e. The first kappa shape index (κ1) is 10.8. The average molecular weight is 217 g/mol. The van der Waals surface area contributed by atoms with E-state index in [4.69, 9.17) is 4.74 Å². The predicted octanol–water partition coefficient (Wildman–Crippen LogP) is 1.57. The summed E-state index contributed by atoms with van der Waals surface area (Å²) in [5.74, 6) is 0.584. The maximum atomic E-state index is 5.51. The van der Waals surface area contributed by atoms with E-state index in [2.05, 4.69) is 14.9 Å². The number of benzene rings is 1. The Hall–Kier alpha value is -1.68. The largest absolute Gasteiger partial charge is 0.475 e. The monoisotopic (exact) mass is 217 g/mol. The fraction of sp³-hybridized carbons (Fsp3) is 0.333. The molecule has 1 heterocycles. The summed E-state index contributed by atoms with van der Waals surface area (Å²) in [6, 6.07) is 7.76. The van der Waals surface area contributed by atoms with Crippen molar-refractivity contribution in [2.45, 2.75) is 0 Å². The molecule has 4 nitrogen and oxygen atoms in total. The number of hydrogen-bond acceptors (Lipinski definition) is 4. The van der Waals surface area contributed by atoms with E-state index in [0.29, 0.717) is 12.5 Å². The van der Waals surface area contributed by atoms with Crippen LogP contribution in [0.15, 0.2) is 30.5 Å². The summed E-state index contributed by atoms with van der Waals surface area (Å²) >= 11 is 0. The lowest BCUT2D eigenvalue weighted by Gasteiger charge is -2.10. The molecule has 0 unspecified atom stereocenters. The van der Waals surface area contributed by atoms with Crippen LogP contribution in [0.3, 0.4) is 0 Å². The molecule has 2 aromatic rings. The van der Waals surface area contributed by atoms with Gasteiger partial charge in [-0.05, 0) is 26.2 Å². The van der Waals surface area contributed by atoms with Gasteiger partial charge in [0.2, 0.25) is 5.88 Å². The van der Waals surface area contributed by atoms with Crippen LogP contribution in [0.25, 0.3) is 11.0 Å². The summed E-state index contributed by atoms with van der Waals surface area (Å²) in [5, 5.41) is 0. The Labute approximate surface area is 94.9 Å². The second-order valence-electron chi connectivity index (χ2n) is 3.85. The third kappa shape index (κ3) is 2.67. The van der Waals surface area contributed by atoms with E-state index in [0.717, 1.165) is 17.6 Å². The van der Waals surface area contributed by atoms with Gasteiger partial charge >= 0.3 is 0 Å². The second-order valence-corrected chi connectivity index (χ2v) is 3.85. The minimum atomic E-state index is 0.584. The van der Waals surface area contributed by atoms with Crippen LogP contribution in [0, 0.1) is 0 Å². The molecule has 0 aliphatic rings. The van der Waals surface area contributed by atoms with Crippen LogP contribution in [-0.2, 0) is 0 Å². The highest BCUT2D eigenvalue weighted by Gasteiger charge is 1.99. The van der Waals surface area contributed by atoms with E-state index >= 15 is 0 Å². The van der Waals surface area contributed by atoms with Crippen molar-refractivity contribution in [2.75, 3.05) is 27.2 Å². The maximum absolute atomic E-state index is 5.51. The lowest BCUT2D eigenvalue weighted by Crippen LogP contribution is -2.19. The minimum Gasteiger partial charge on any atom is -0.475 e.